The molecule has 0 amide bonds. The van der Waals surface area contributed by atoms with Gasteiger partial charge in [-0.3, -0.25) is 0 Å². The molecule has 31 valence electrons. The maximum atomic E-state index is 3.42. The first-order valence-electron chi connectivity index (χ1n) is 1.32. The van der Waals surface area contributed by atoms with Gasteiger partial charge in [0.25, 0.3) is 0 Å². The van der Waals surface area contributed by atoms with E-state index in [2.05, 4.69) is 6.92 Å². The van der Waals surface area contributed by atoms with Crippen LogP contribution in [0.15, 0.2) is 12.2 Å². The topological polar surface area (TPSA) is 0 Å². The zero-order valence-electron chi connectivity index (χ0n) is 3.24. The van der Waals surface area contributed by atoms with E-state index in [9.17, 15) is 0 Å². The fourth-order valence-corrected chi connectivity index (χ4v) is 0. The van der Waals surface area contributed by atoms with Crippen LogP contribution >= 0.6 is 0 Å². The minimum absolute atomic E-state index is 0. The summed E-state index contributed by atoms with van der Waals surface area (Å²) >= 11 is 0. The molecule has 1 heteroatoms. The van der Waals surface area contributed by atoms with E-state index in [4.69, 9.17) is 0 Å². The fourth-order valence-electron chi connectivity index (χ4n) is 0. The molecule has 0 heterocycles. The second-order valence-electron chi connectivity index (χ2n) is 0.569. The molecule has 0 aliphatic heterocycles. The summed E-state index contributed by atoms with van der Waals surface area (Å²) < 4.78 is 0. The van der Waals surface area contributed by atoms with Gasteiger partial charge in [0.2, 0.25) is 0 Å². The van der Waals surface area contributed by atoms with Gasteiger partial charge in [-0.25, -0.2) is 19.1 Å². The summed E-state index contributed by atoms with van der Waals surface area (Å²) in [5.41, 5.74) is 0. The first-order chi connectivity index (χ1) is 1.91. The van der Waals surface area contributed by atoms with E-state index >= 15 is 0 Å². The van der Waals surface area contributed by atoms with Crippen molar-refractivity contribution in [1.82, 2.24) is 0 Å². The van der Waals surface area contributed by atoms with Crippen LogP contribution < -0.4 is 0 Å². The zero-order valence-corrected chi connectivity index (χ0v) is 4.42. The van der Waals surface area contributed by atoms with E-state index in [-0.39, 0.29) is 17.1 Å². The summed E-state index contributed by atoms with van der Waals surface area (Å²) in [6.45, 7) is 5.36. The van der Waals surface area contributed by atoms with Gasteiger partial charge in [0.1, 0.15) is 0 Å². The molecule has 0 rings (SSSR count). The Morgan fingerprint density at radius 3 is 1.80 bits per heavy atom. The van der Waals surface area contributed by atoms with Crippen LogP contribution in [0.25, 0.3) is 0 Å². The van der Waals surface area contributed by atoms with Crippen molar-refractivity contribution in [1.29, 1.82) is 0 Å². The van der Waals surface area contributed by atoms with Crippen molar-refractivity contribution in [2.24, 2.45) is 0 Å². The number of rotatable bonds is 0. The van der Waals surface area contributed by atoms with Gasteiger partial charge in [0, 0.05) is 17.1 Å². The molecule has 0 atom stereocenters. The van der Waals surface area contributed by atoms with E-state index in [1.165, 1.54) is 0 Å². The molecule has 0 aliphatic rings. The molecule has 0 aromatic heterocycles. The van der Waals surface area contributed by atoms with Crippen molar-refractivity contribution in [3.8, 4) is 0 Å². The Balaban J connectivity index is 0. The third-order valence-corrected chi connectivity index (χ3v) is 0.236. The summed E-state index contributed by atoms with van der Waals surface area (Å²) in [4.78, 5) is 0. The Bertz CT molecular complexity index is 18.8. The number of hydrogen-bond acceptors (Lipinski definition) is 0. The van der Waals surface area contributed by atoms with Crippen LogP contribution in [-0.2, 0) is 17.1 Å². The first-order valence-corrected chi connectivity index (χ1v) is 1.32. The third-order valence-electron chi connectivity index (χ3n) is 0.236. The average molecular weight is 110 g/mol. The van der Waals surface area contributed by atoms with E-state index in [0.717, 1.165) is 0 Å². The van der Waals surface area contributed by atoms with Crippen LogP contribution in [-0.4, -0.2) is 0 Å². The Morgan fingerprint density at radius 2 is 1.80 bits per heavy atom. The Hall–Kier alpha value is 0.129. The van der Waals surface area contributed by atoms with Gasteiger partial charge in [-0.1, -0.05) is 0 Å². The summed E-state index contributed by atoms with van der Waals surface area (Å²) in [5, 5.41) is 0. The molecule has 0 saturated heterocycles. The van der Waals surface area contributed by atoms with Crippen molar-refractivity contribution in [2.45, 2.75) is 6.92 Å². The monoisotopic (exact) mass is 110 g/mol. The Morgan fingerprint density at radius 1 is 1.60 bits per heavy atom. The maximum Gasteiger partial charge on any atom is 0 e. The van der Waals surface area contributed by atoms with Gasteiger partial charge in [0.05, 0.1) is 0 Å². The average Bonchev–Trinajstić information content (AvgIpc) is 1.37. The standard InChI is InChI=1S/C4H7.Mn/c1-3-4-2;/h3-4H,1H2,2H3;/q-1;. The second-order valence-corrected chi connectivity index (χ2v) is 0.569. The van der Waals surface area contributed by atoms with E-state index in [1.54, 1.807) is 6.08 Å². The molecule has 0 aromatic carbocycles. The minimum atomic E-state index is 0. The van der Waals surface area contributed by atoms with Gasteiger partial charge in [-0.05, 0) is 0 Å². The van der Waals surface area contributed by atoms with Gasteiger partial charge >= 0.3 is 0 Å². The van der Waals surface area contributed by atoms with Crippen molar-refractivity contribution < 1.29 is 17.1 Å². The molecule has 0 N–H and O–H groups in total. The molecule has 0 saturated carbocycles. The van der Waals surface area contributed by atoms with Gasteiger partial charge in [-0.15, -0.1) is 6.92 Å². The van der Waals surface area contributed by atoms with Gasteiger partial charge in [0.15, 0.2) is 0 Å². The Labute approximate surface area is 43.7 Å². The summed E-state index contributed by atoms with van der Waals surface area (Å²) in [7, 11) is 0. The van der Waals surface area contributed by atoms with E-state index in [1.807, 2.05) is 13.0 Å². The number of hydrogen-bond donors (Lipinski definition) is 0. The fraction of sp³-hybridized carbons (Fsp3) is 0.250. The van der Waals surface area contributed by atoms with Crippen LogP contribution in [0.4, 0.5) is 0 Å². The molecule has 0 aromatic rings. The van der Waals surface area contributed by atoms with Crippen LogP contribution in [0, 0.1) is 6.92 Å². The van der Waals surface area contributed by atoms with Crippen molar-refractivity contribution >= 4 is 0 Å². The van der Waals surface area contributed by atoms with Crippen LogP contribution in [0.1, 0.15) is 6.92 Å². The molecule has 0 bridgehead atoms. The van der Waals surface area contributed by atoms with Crippen LogP contribution in [0.2, 0.25) is 0 Å². The molecule has 0 aliphatic carbocycles. The zero-order chi connectivity index (χ0) is 3.41. The predicted molar refractivity (Wildman–Crippen MR) is 20.2 cm³/mol. The predicted octanol–water partition coefficient (Wildman–Crippen LogP) is 1.39. The summed E-state index contributed by atoms with van der Waals surface area (Å²) in [6.07, 6.45) is 3.64. The van der Waals surface area contributed by atoms with Crippen molar-refractivity contribution in [3.63, 3.8) is 0 Å². The summed E-state index contributed by atoms with van der Waals surface area (Å²) in [6, 6.07) is 0. The first kappa shape index (κ1) is 8.93. The molecule has 5 heavy (non-hydrogen) atoms. The quantitative estimate of drug-likeness (QED) is 0.326. The van der Waals surface area contributed by atoms with Crippen LogP contribution in [0.3, 0.4) is 0 Å². The smallest absolute Gasteiger partial charge is 0 e. The molecular formula is C4H7Mn-. The normalized spacial score (nSPS) is 7.40. The Kier molecular flexibility index (Phi) is 15.9. The number of allylic oxidation sites excluding steroid dienone is 2. The van der Waals surface area contributed by atoms with E-state index in [0.29, 0.717) is 0 Å². The molecule has 0 spiro atoms. The largest absolute Gasteiger partial charge is 0.245 e. The van der Waals surface area contributed by atoms with Gasteiger partial charge in [-0.2, -0.15) is 0 Å². The molecule has 0 nitrogen and oxygen atoms in total. The molecular weight excluding hydrogens is 103 g/mol. The third kappa shape index (κ3) is 14.7. The van der Waals surface area contributed by atoms with Crippen molar-refractivity contribution in [3.05, 3.63) is 19.1 Å². The second kappa shape index (κ2) is 8.92. The molecule has 0 unspecified atom stereocenters. The minimum Gasteiger partial charge on any atom is -0.245 e. The summed E-state index contributed by atoms with van der Waals surface area (Å²) in [5.74, 6) is 0. The van der Waals surface area contributed by atoms with E-state index < -0.39 is 0 Å². The maximum absolute atomic E-state index is 3.42. The van der Waals surface area contributed by atoms with Crippen LogP contribution in [0.5, 0.6) is 0 Å². The van der Waals surface area contributed by atoms with Crippen molar-refractivity contribution in [2.75, 3.05) is 0 Å². The SMILES string of the molecule is [CH2-]C=CC.[Mn]. The molecule has 1 radical (unpaired) electrons. The van der Waals surface area contributed by atoms with Gasteiger partial charge < -0.3 is 0 Å². The molecule has 0 fully saturated rings.